The van der Waals surface area contributed by atoms with Crippen molar-refractivity contribution in [3.05, 3.63) is 29.6 Å². The largest absolute Gasteiger partial charge is 0.366 e. The van der Waals surface area contributed by atoms with Crippen molar-refractivity contribution in [1.29, 1.82) is 0 Å². The summed E-state index contributed by atoms with van der Waals surface area (Å²) in [4.78, 5) is 2.42. The van der Waals surface area contributed by atoms with Gasteiger partial charge in [-0.25, -0.2) is 4.39 Å². The molecule has 1 aromatic rings. The number of nitrogens with one attached hydrogen (secondary N) is 1. The summed E-state index contributed by atoms with van der Waals surface area (Å²) >= 11 is 0. The second kappa shape index (κ2) is 5.49. The van der Waals surface area contributed by atoms with Crippen molar-refractivity contribution >= 4 is 5.69 Å². The zero-order chi connectivity index (χ0) is 14.0. The van der Waals surface area contributed by atoms with E-state index in [0.717, 1.165) is 18.7 Å². The van der Waals surface area contributed by atoms with Gasteiger partial charge in [0.15, 0.2) is 0 Å². The molecule has 1 aliphatic heterocycles. The minimum atomic E-state index is -0.152. The van der Waals surface area contributed by atoms with Crippen LogP contribution in [-0.4, -0.2) is 18.1 Å². The van der Waals surface area contributed by atoms with Crippen molar-refractivity contribution in [2.45, 2.75) is 58.7 Å². The van der Waals surface area contributed by atoms with Gasteiger partial charge in [-0.3, -0.25) is 0 Å². The number of hydrogen-bond donors (Lipinski definition) is 1. The van der Waals surface area contributed by atoms with Crippen molar-refractivity contribution in [1.82, 2.24) is 5.32 Å². The number of rotatable bonds is 4. The molecule has 0 saturated carbocycles. The first-order valence-electron chi connectivity index (χ1n) is 7.19. The van der Waals surface area contributed by atoms with Gasteiger partial charge in [-0.15, -0.1) is 0 Å². The van der Waals surface area contributed by atoms with Crippen LogP contribution in [0, 0.1) is 5.82 Å². The standard InChI is InChI=1S/C16H25FN2/c1-12(2)18-11-13-10-14(17)6-7-15(13)19-9-5-8-16(19,3)4/h6-7,10,12,18H,5,8-9,11H2,1-4H3. The van der Waals surface area contributed by atoms with E-state index in [2.05, 4.69) is 37.9 Å². The van der Waals surface area contributed by atoms with Crippen LogP contribution in [0.2, 0.25) is 0 Å². The third kappa shape index (κ3) is 3.27. The Bertz CT molecular complexity index is 440. The van der Waals surface area contributed by atoms with Gasteiger partial charge in [0.05, 0.1) is 0 Å². The summed E-state index contributed by atoms with van der Waals surface area (Å²) in [6, 6.07) is 5.57. The Morgan fingerprint density at radius 1 is 1.37 bits per heavy atom. The maximum Gasteiger partial charge on any atom is 0.123 e. The van der Waals surface area contributed by atoms with Crippen LogP contribution in [0.4, 0.5) is 10.1 Å². The highest BCUT2D eigenvalue weighted by Crippen LogP contribution is 2.35. The first-order valence-corrected chi connectivity index (χ1v) is 7.19. The van der Waals surface area contributed by atoms with Crippen molar-refractivity contribution in [3.8, 4) is 0 Å². The second-order valence-corrected chi connectivity index (χ2v) is 6.38. The Kier molecular flexibility index (Phi) is 4.14. The third-order valence-electron chi connectivity index (χ3n) is 3.93. The molecule has 0 bridgehead atoms. The van der Waals surface area contributed by atoms with Gasteiger partial charge < -0.3 is 10.2 Å². The van der Waals surface area contributed by atoms with Crippen LogP contribution in [0.5, 0.6) is 0 Å². The number of nitrogens with zero attached hydrogens (tertiary/aromatic N) is 1. The van der Waals surface area contributed by atoms with Crippen LogP contribution in [0.1, 0.15) is 46.1 Å². The van der Waals surface area contributed by atoms with Crippen molar-refractivity contribution in [2.24, 2.45) is 0 Å². The molecule has 1 aliphatic rings. The Hall–Kier alpha value is -1.09. The monoisotopic (exact) mass is 264 g/mol. The van der Waals surface area contributed by atoms with E-state index in [1.807, 2.05) is 6.07 Å². The van der Waals surface area contributed by atoms with Gasteiger partial charge in [0.25, 0.3) is 0 Å². The summed E-state index contributed by atoms with van der Waals surface area (Å²) in [5, 5.41) is 3.39. The van der Waals surface area contributed by atoms with E-state index >= 15 is 0 Å². The minimum absolute atomic E-state index is 0.152. The molecule has 0 unspecified atom stereocenters. The van der Waals surface area contributed by atoms with Gasteiger partial charge in [0.2, 0.25) is 0 Å². The fourth-order valence-corrected chi connectivity index (χ4v) is 2.83. The fraction of sp³-hybridized carbons (Fsp3) is 0.625. The van der Waals surface area contributed by atoms with Crippen molar-refractivity contribution in [3.63, 3.8) is 0 Å². The quantitative estimate of drug-likeness (QED) is 0.892. The molecule has 1 N–H and O–H groups in total. The van der Waals surface area contributed by atoms with Gasteiger partial charge in [-0.2, -0.15) is 0 Å². The van der Waals surface area contributed by atoms with E-state index < -0.39 is 0 Å². The van der Waals surface area contributed by atoms with Gasteiger partial charge in [-0.05, 0) is 50.5 Å². The lowest BCUT2D eigenvalue weighted by Gasteiger charge is -2.35. The number of benzene rings is 1. The molecule has 0 amide bonds. The van der Waals surface area contributed by atoms with Crippen LogP contribution >= 0.6 is 0 Å². The fourth-order valence-electron chi connectivity index (χ4n) is 2.83. The molecule has 3 heteroatoms. The van der Waals surface area contributed by atoms with Crippen LogP contribution in [0.3, 0.4) is 0 Å². The number of halogens is 1. The summed E-state index contributed by atoms with van der Waals surface area (Å²) in [5.74, 6) is -0.152. The second-order valence-electron chi connectivity index (χ2n) is 6.38. The van der Waals surface area contributed by atoms with Crippen LogP contribution in [0.25, 0.3) is 0 Å². The van der Waals surface area contributed by atoms with E-state index in [-0.39, 0.29) is 11.4 Å². The topological polar surface area (TPSA) is 15.3 Å². The number of hydrogen-bond acceptors (Lipinski definition) is 2. The molecule has 19 heavy (non-hydrogen) atoms. The van der Waals surface area contributed by atoms with E-state index in [1.165, 1.54) is 18.5 Å². The Morgan fingerprint density at radius 3 is 2.68 bits per heavy atom. The highest BCUT2D eigenvalue weighted by Gasteiger charge is 2.33. The maximum atomic E-state index is 13.5. The lowest BCUT2D eigenvalue weighted by Crippen LogP contribution is -2.39. The number of anilines is 1. The predicted molar refractivity (Wildman–Crippen MR) is 79.0 cm³/mol. The predicted octanol–water partition coefficient (Wildman–Crippen LogP) is 3.70. The molecule has 0 aliphatic carbocycles. The van der Waals surface area contributed by atoms with E-state index in [4.69, 9.17) is 0 Å². The highest BCUT2D eigenvalue weighted by atomic mass is 19.1. The van der Waals surface area contributed by atoms with Crippen molar-refractivity contribution < 1.29 is 4.39 Å². The third-order valence-corrected chi connectivity index (χ3v) is 3.93. The average Bonchev–Trinajstić information content (AvgIpc) is 2.66. The van der Waals surface area contributed by atoms with E-state index in [9.17, 15) is 4.39 Å². The van der Waals surface area contributed by atoms with Gasteiger partial charge in [-0.1, -0.05) is 13.8 Å². The molecular weight excluding hydrogens is 239 g/mol. The first kappa shape index (κ1) is 14.3. The minimum Gasteiger partial charge on any atom is -0.366 e. The molecule has 1 saturated heterocycles. The normalized spacial score (nSPS) is 18.3. The summed E-state index contributed by atoms with van der Waals surface area (Å²) in [7, 11) is 0. The van der Waals surface area contributed by atoms with E-state index in [1.54, 1.807) is 12.1 Å². The summed E-state index contributed by atoms with van der Waals surface area (Å²) in [5.41, 5.74) is 2.41. The summed E-state index contributed by atoms with van der Waals surface area (Å²) in [6.07, 6.45) is 2.41. The molecule has 2 rings (SSSR count). The van der Waals surface area contributed by atoms with Crippen molar-refractivity contribution in [2.75, 3.05) is 11.4 Å². The maximum absolute atomic E-state index is 13.5. The molecule has 0 aromatic heterocycles. The molecule has 1 aromatic carbocycles. The van der Waals surface area contributed by atoms with Gasteiger partial charge in [0, 0.05) is 30.4 Å². The van der Waals surface area contributed by atoms with Crippen LogP contribution < -0.4 is 10.2 Å². The lowest BCUT2D eigenvalue weighted by atomic mass is 10.0. The summed E-state index contributed by atoms with van der Waals surface area (Å²) < 4.78 is 13.5. The Labute approximate surface area is 116 Å². The smallest absolute Gasteiger partial charge is 0.123 e. The molecule has 1 heterocycles. The molecule has 0 radical (unpaired) electrons. The molecule has 106 valence electrons. The highest BCUT2D eigenvalue weighted by molar-refractivity contribution is 5.56. The Morgan fingerprint density at radius 2 is 2.11 bits per heavy atom. The molecule has 0 spiro atoms. The van der Waals surface area contributed by atoms with Crippen LogP contribution in [-0.2, 0) is 6.54 Å². The average molecular weight is 264 g/mol. The first-order chi connectivity index (χ1) is 8.90. The Balaban J connectivity index is 2.28. The molecule has 1 fully saturated rings. The molecule has 0 atom stereocenters. The van der Waals surface area contributed by atoms with Gasteiger partial charge in [0.1, 0.15) is 5.82 Å². The molecular formula is C16H25FN2. The van der Waals surface area contributed by atoms with Gasteiger partial charge >= 0.3 is 0 Å². The molecule has 2 nitrogen and oxygen atoms in total. The zero-order valence-corrected chi connectivity index (χ0v) is 12.5. The SMILES string of the molecule is CC(C)NCc1cc(F)ccc1N1CCCC1(C)C. The van der Waals surface area contributed by atoms with Crippen LogP contribution in [0.15, 0.2) is 18.2 Å². The lowest BCUT2D eigenvalue weighted by molar-refractivity contribution is 0.513. The summed E-state index contributed by atoms with van der Waals surface area (Å²) in [6.45, 7) is 10.5. The van der Waals surface area contributed by atoms with E-state index in [0.29, 0.717) is 6.04 Å². The zero-order valence-electron chi connectivity index (χ0n) is 12.5.